The van der Waals surface area contributed by atoms with Gasteiger partial charge in [0.25, 0.3) is 0 Å². The molecule has 0 aliphatic rings. The van der Waals surface area contributed by atoms with Crippen molar-refractivity contribution in [3.8, 4) is 5.75 Å². The third-order valence-electron chi connectivity index (χ3n) is 4.73. The van der Waals surface area contributed by atoms with Gasteiger partial charge < -0.3 is 24.8 Å². The molecule has 2 aromatic carbocycles. The van der Waals surface area contributed by atoms with E-state index in [-0.39, 0.29) is 30.9 Å². The predicted octanol–water partition coefficient (Wildman–Crippen LogP) is 1.83. The first-order valence-corrected chi connectivity index (χ1v) is 12.4. The first-order valence-electron chi connectivity index (χ1n) is 10.3. The van der Waals surface area contributed by atoms with Crippen LogP contribution in [0.1, 0.15) is 27.9 Å². The SMILES string of the molecule is COC(=O)c1cc(CNC(=O)C(CCS(C)(=O)=O)NC(=O)OCc2ccccc2)ccc1OC. The van der Waals surface area contributed by atoms with Crippen LogP contribution in [0.2, 0.25) is 0 Å². The summed E-state index contributed by atoms with van der Waals surface area (Å²) in [6, 6.07) is 12.6. The summed E-state index contributed by atoms with van der Waals surface area (Å²) in [5.41, 5.74) is 1.52. The average Bonchev–Trinajstić information content (AvgIpc) is 2.83. The minimum atomic E-state index is -3.37. The first kappa shape index (κ1) is 26.7. The molecule has 0 saturated carbocycles. The fraction of sp³-hybridized carbons (Fsp3) is 0.348. The Bertz CT molecular complexity index is 1100. The lowest BCUT2D eigenvalue weighted by Crippen LogP contribution is -2.47. The number of hydrogen-bond donors (Lipinski definition) is 2. The molecule has 0 aromatic heterocycles. The van der Waals surface area contributed by atoms with E-state index in [4.69, 9.17) is 14.2 Å². The lowest BCUT2D eigenvalue weighted by Gasteiger charge is -2.18. The Morgan fingerprint density at radius 1 is 1.00 bits per heavy atom. The van der Waals surface area contributed by atoms with Crippen molar-refractivity contribution in [3.63, 3.8) is 0 Å². The Morgan fingerprint density at radius 3 is 2.32 bits per heavy atom. The number of benzene rings is 2. The molecule has 1 unspecified atom stereocenters. The van der Waals surface area contributed by atoms with E-state index in [1.165, 1.54) is 20.3 Å². The number of ether oxygens (including phenoxy) is 3. The van der Waals surface area contributed by atoms with Gasteiger partial charge in [0.1, 0.15) is 33.8 Å². The minimum Gasteiger partial charge on any atom is -0.496 e. The van der Waals surface area contributed by atoms with E-state index in [2.05, 4.69) is 10.6 Å². The van der Waals surface area contributed by atoms with Crippen LogP contribution in [-0.4, -0.2) is 58.7 Å². The minimum absolute atomic E-state index is 0.00472. The molecule has 0 fully saturated rings. The van der Waals surface area contributed by atoms with E-state index in [9.17, 15) is 22.8 Å². The summed E-state index contributed by atoms with van der Waals surface area (Å²) in [5.74, 6) is -1.19. The van der Waals surface area contributed by atoms with Gasteiger partial charge in [-0.1, -0.05) is 36.4 Å². The number of nitrogens with one attached hydrogen (secondary N) is 2. The normalized spacial score (nSPS) is 11.7. The highest BCUT2D eigenvalue weighted by Gasteiger charge is 2.23. The van der Waals surface area contributed by atoms with Gasteiger partial charge in [-0.2, -0.15) is 0 Å². The zero-order valence-corrected chi connectivity index (χ0v) is 20.0. The van der Waals surface area contributed by atoms with Crippen LogP contribution in [0.25, 0.3) is 0 Å². The molecule has 0 aliphatic heterocycles. The number of methoxy groups -OCH3 is 2. The van der Waals surface area contributed by atoms with E-state index in [0.717, 1.165) is 11.8 Å². The van der Waals surface area contributed by atoms with Crippen molar-refractivity contribution in [3.05, 3.63) is 65.2 Å². The quantitative estimate of drug-likeness (QED) is 0.453. The van der Waals surface area contributed by atoms with Gasteiger partial charge in [-0.3, -0.25) is 4.79 Å². The standard InChI is InChI=1S/C23H28N2O8S/c1-31-20-10-9-17(13-18(20)22(27)32-2)14-24-21(26)19(11-12-34(3,29)30)25-23(28)33-15-16-7-5-4-6-8-16/h4-10,13,19H,11-12,14-15H2,1-3H3,(H,24,26)(H,25,28). The fourth-order valence-corrected chi connectivity index (χ4v) is 3.62. The largest absolute Gasteiger partial charge is 0.496 e. The lowest BCUT2D eigenvalue weighted by molar-refractivity contribution is -0.123. The second-order valence-electron chi connectivity index (χ2n) is 7.42. The molecule has 2 aromatic rings. The van der Waals surface area contributed by atoms with Crippen molar-refractivity contribution in [1.29, 1.82) is 0 Å². The van der Waals surface area contributed by atoms with E-state index < -0.39 is 33.8 Å². The number of hydrogen-bond acceptors (Lipinski definition) is 8. The molecule has 0 bridgehead atoms. The Kier molecular flexibility index (Phi) is 9.87. The molecular weight excluding hydrogens is 464 g/mol. The number of carbonyl (C=O) groups excluding carboxylic acids is 3. The highest BCUT2D eigenvalue weighted by atomic mass is 32.2. The van der Waals surface area contributed by atoms with Gasteiger partial charge in [-0.05, 0) is 29.7 Å². The molecule has 0 radical (unpaired) electrons. The Morgan fingerprint density at radius 2 is 1.71 bits per heavy atom. The number of carbonyl (C=O) groups is 3. The number of alkyl carbamates (subject to hydrolysis) is 1. The van der Waals surface area contributed by atoms with Gasteiger partial charge in [0, 0.05) is 12.8 Å². The third-order valence-corrected chi connectivity index (χ3v) is 5.71. The van der Waals surface area contributed by atoms with Crippen LogP contribution >= 0.6 is 0 Å². The zero-order chi connectivity index (χ0) is 25.1. The van der Waals surface area contributed by atoms with Crippen molar-refractivity contribution in [2.45, 2.75) is 25.6 Å². The smallest absolute Gasteiger partial charge is 0.408 e. The summed E-state index contributed by atoms with van der Waals surface area (Å²) in [6.45, 7) is 0.0121. The van der Waals surface area contributed by atoms with Crippen LogP contribution in [0, 0.1) is 0 Å². The highest BCUT2D eigenvalue weighted by molar-refractivity contribution is 7.90. The Balaban J connectivity index is 2.04. The molecule has 0 spiro atoms. The molecule has 1 atom stereocenters. The van der Waals surface area contributed by atoms with Crippen molar-refractivity contribution >= 4 is 27.8 Å². The van der Waals surface area contributed by atoms with Crippen molar-refractivity contribution in [1.82, 2.24) is 10.6 Å². The zero-order valence-electron chi connectivity index (χ0n) is 19.2. The maximum atomic E-state index is 12.7. The van der Waals surface area contributed by atoms with Crippen molar-refractivity contribution in [2.24, 2.45) is 0 Å². The van der Waals surface area contributed by atoms with E-state index in [0.29, 0.717) is 11.3 Å². The summed E-state index contributed by atoms with van der Waals surface area (Å²) in [6.07, 6.45) is 0.0534. The van der Waals surface area contributed by atoms with Crippen LogP contribution in [-0.2, 0) is 37.3 Å². The van der Waals surface area contributed by atoms with Crippen LogP contribution < -0.4 is 15.4 Å². The Labute approximate surface area is 198 Å². The summed E-state index contributed by atoms with van der Waals surface area (Å²) >= 11 is 0. The molecule has 0 saturated heterocycles. The molecule has 184 valence electrons. The number of rotatable bonds is 11. The van der Waals surface area contributed by atoms with E-state index >= 15 is 0 Å². The summed E-state index contributed by atoms with van der Waals surface area (Å²) in [5, 5.41) is 5.06. The molecule has 34 heavy (non-hydrogen) atoms. The van der Waals surface area contributed by atoms with Gasteiger partial charge >= 0.3 is 12.1 Å². The van der Waals surface area contributed by atoms with Crippen molar-refractivity contribution in [2.75, 3.05) is 26.2 Å². The second-order valence-corrected chi connectivity index (χ2v) is 9.68. The molecule has 10 nitrogen and oxygen atoms in total. The lowest BCUT2D eigenvalue weighted by atomic mass is 10.1. The van der Waals surface area contributed by atoms with Gasteiger partial charge in [-0.15, -0.1) is 0 Å². The van der Waals surface area contributed by atoms with E-state index in [1.54, 1.807) is 36.4 Å². The summed E-state index contributed by atoms with van der Waals surface area (Å²) < 4.78 is 38.2. The first-order chi connectivity index (χ1) is 16.1. The highest BCUT2D eigenvalue weighted by Crippen LogP contribution is 2.20. The molecule has 2 amide bonds. The third kappa shape index (κ3) is 8.74. The van der Waals surface area contributed by atoms with Crippen LogP contribution in [0.4, 0.5) is 4.79 Å². The molecule has 11 heteroatoms. The van der Waals surface area contributed by atoms with Gasteiger partial charge in [0.2, 0.25) is 5.91 Å². The second kappa shape index (κ2) is 12.6. The van der Waals surface area contributed by atoms with Crippen LogP contribution in [0.3, 0.4) is 0 Å². The fourth-order valence-electron chi connectivity index (χ4n) is 2.95. The molecule has 0 aliphatic carbocycles. The van der Waals surface area contributed by atoms with Gasteiger partial charge in [0.05, 0.1) is 20.0 Å². The van der Waals surface area contributed by atoms with Gasteiger partial charge in [0.15, 0.2) is 0 Å². The summed E-state index contributed by atoms with van der Waals surface area (Å²) in [7, 11) is -0.718. The maximum Gasteiger partial charge on any atom is 0.408 e. The molecule has 2 rings (SSSR count). The van der Waals surface area contributed by atoms with Gasteiger partial charge in [-0.25, -0.2) is 18.0 Å². The van der Waals surface area contributed by atoms with Crippen LogP contribution in [0.15, 0.2) is 48.5 Å². The van der Waals surface area contributed by atoms with Crippen LogP contribution in [0.5, 0.6) is 5.75 Å². The average molecular weight is 493 g/mol. The summed E-state index contributed by atoms with van der Waals surface area (Å²) in [4.78, 5) is 36.9. The maximum absolute atomic E-state index is 12.7. The number of esters is 1. The number of sulfone groups is 1. The van der Waals surface area contributed by atoms with Crippen molar-refractivity contribution < 1.29 is 37.0 Å². The number of amides is 2. The monoisotopic (exact) mass is 492 g/mol. The molecule has 0 heterocycles. The molecule has 2 N–H and O–H groups in total. The topological polar surface area (TPSA) is 137 Å². The molecular formula is C23H28N2O8S. The predicted molar refractivity (Wildman–Crippen MR) is 124 cm³/mol. The van der Waals surface area contributed by atoms with E-state index in [1.807, 2.05) is 6.07 Å². The Hall–Kier alpha value is -3.60.